The van der Waals surface area contributed by atoms with Gasteiger partial charge < -0.3 is 9.84 Å². The molecule has 1 N–H and O–H groups in total. The van der Waals surface area contributed by atoms with Crippen LogP contribution in [0.2, 0.25) is 0 Å². The van der Waals surface area contributed by atoms with Crippen LogP contribution in [0.3, 0.4) is 0 Å². The molecule has 0 spiro atoms. The van der Waals surface area contributed by atoms with Gasteiger partial charge in [0.05, 0.1) is 12.6 Å². The summed E-state index contributed by atoms with van der Waals surface area (Å²) in [6.07, 6.45) is 4.32. The molecular formula is C19H24N4O2. The van der Waals surface area contributed by atoms with Gasteiger partial charge in [0.15, 0.2) is 5.82 Å². The van der Waals surface area contributed by atoms with Gasteiger partial charge in [-0.15, -0.1) is 0 Å². The van der Waals surface area contributed by atoms with Gasteiger partial charge in [-0.05, 0) is 37.8 Å². The largest absolute Gasteiger partial charge is 0.354 e. The van der Waals surface area contributed by atoms with Crippen LogP contribution in [-0.2, 0) is 10.2 Å². The molecule has 1 aromatic carbocycles. The standard InChI is InChI=1S/C19H24N4O2/c1-14-21-18(22-25-14)16-8-5-11-23(16)12-17(24)20-13-19(9-10-19)15-6-3-2-4-7-15/h2-4,6-7,16H,5,8-13H2,1H3,(H,20,24)/t16-/m1/s1. The predicted molar refractivity (Wildman–Crippen MR) is 92.9 cm³/mol. The Morgan fingerprint density at radius 2 is 2.16 bits per heavy atom. The lowest BCUT2D eigenvalue weighted by Gasteiger charge is -2.22. The minimum atomic E-state index is 0.0781. The van der Waals surface area contributed by atoms with Crippen LogP contribution in [0, 0.1) is 6.92 Å². The Kier molecular flexibility index (Phi) is 4.29. The first-order valence-electron chi connectivity index (χ1n) is 9.03. The average Bonchev–Trinajstić information content (AvgIpc) is 3.08. The van der Waals surface area contributed by atoms with Gasteiger partial charge in [-0.3, -0.25) is 9.69 Å². The quantitative estimate of drug-likeness (QED) is 0.874. The molecule has 1 atom stereocenters. The van der Waals surface area contributed by atoms with Crippen LogP contribution in [0.4, 0.5) is 0 Å². The topological polar surface area (TPSA) is 71.3 Å². The molecule has 1 saturated carbocycles. The zero-order valence-electron chi connectivity index (χ0n) is 14.6. The fourth-order valence-corrected chi connectivity index (χ4v) is 3.78. The van der Waals surface area contributed by atoms with Crippen molar-refractivity contribution in [3.05, 3.63) is 47.6 Å². The normalized spacial score (nSPS) is 22.0. The van der Waals surface area contributed by atoms with Crippen molar-refractivity contribution in [2.45, 2.75) is 44.1 Å². The summed E-state index contributed by atoms with van der Waals surface area (Å²) in [6.45, 7) is 3.80. The first-order valence-corrected chi connectivity index (χ1v) is 9.03. The third-order valence-corrected chi connectivity index (χ3v) is 5.42. The molecule has 6 heteroatoms. The van der Waals surface area contributed by atoms with E-state index in [1.54, 1.807) is 6.92 Å². The van der Waals surface area contributed by atoms with Crippen molar-refractivity contribution in [1.82, 2.24) is 20.4 Å². The number of amides is 1. The van der Waals surface area contributed by atoms with Gasteiger partial charge in [0, 0.05) is 18.9 Å². The number of hydrogen-bond acceptors (Lipinski definition) is 5. The molecule has 1 saturated heterocycles. The van der Waals surface area contributed by atoms with Crippen molar-refractivity contribution in [3.63, 3.8) is 0 Å². The zero-order chi connectivity index (χ0) is 17.3. The minimum Gasteiger partial charge on any atom is -0.354 e. The molecule has 0 radical (unpaired) electrons. The zero-order valence-corrected chi connectivity index (χ0v) is 14.6. The highest BCUT2D eigenvalue weighted by atomic mass is 16.5. The lowest BCUT2D eigenvalue weighted by molar-refractivity contribution is -0.122. The minimum absolute atomic E-state index is 0.0781. The second-order valence-electron chi connectivity index (χ2n) is 7.22. The smallest absolute Gasteiger partial charge is 0.234 e. The van der Waals surface area contributed by atoms with E-state index in [9.17, 15) is 4.79 Å². The third kappa shape index (κ3) is 3.44. The van der Waals surface area contributed by atoms with E-state index in [0.29, 0.717) is 18.3 Å². The summed E-state index contributed by atoms with van der Waals surface area (Å²) in [5, 5.41) is 7.17. The van der Waals surface area contributed by atoms with Crippen LogP contribution in [0.15, 0.2) is 34.9 Å². The first-order chi connectivity index (χ1) is 12.2. The van der Waals surface area contributed by atoms with E-state index < -0.39 is 0 Å². The summed E-state index contributed by atoms with van der Waals surface area (Å²) in [6, 6.07) is 10.6. The lowest BCUT2D eigenvalue weighted by atomic mass is 9.96. The highest BCUT2D eigenvalue weighted by Gasteiger charge is 2.44. The van der Waals surface area contributed by atoms with Gasteiger partial charge in [-0.1, -0.05) is 35.5 Å². The number of nitrogens with one attached hydrogen (secondary N) is 1. The molecule has 1 amide bonds. The molecule has 2 heterocycles. The molecule has 2 aromatic rings. The molecule has 0 bridgehead atoms. The maximum absolute atomic E-state index is 12.5. The van der Waals surface area contributed by atoms with Crippen molar-refractivity contribution in [2.75, 3.05) is 19.6 Å². The van der Waals surface area contributed by atoms with Crippen molar-refractivity contribution in [3.8, 4) is 0 Å². The molecule has 25 heavy (non-hydrogen) atoms. The van der Waals surface area contributed by atoms with E-state index in [0.717, 1.165) is 38.8 Å². The van der Waals surface area contributed by atoms with Crippen LogP contribution in [0.5, 0.6) is 0 Å². The van der Waals surface area contributed by atoms with Crippen LogP contribution >= 0.6 is 0 Å². The Labute approximate surface area is 147 Å². The summed E-state index contributed by atoms with van der Waals surface area (Å²) in [4.78, 5) is 19.0. The molecule has 0 unspecified atom stereocenters. The SMILES string of the molecule is Cc1nc([C@H]2CCCN2CC(=O)NCC2(c3ccccc3)CC2)no1. The molecule has 1 aliphatic carbocycles. The van der Waals surface area contributed by atoms with Crippen LogP contribution in [-0.4, -0.2) is 40.6 Å². The average molecular weight is 340 g/mol. The number of aromatic nitrogens is 2. The molecule has 2 aliphatic rings. The number of carbonyl (C=O) groups excluding carboxylic acids is 1. The predicted octanol–water partition coefficient (Wildman–Crippen LogP) is 2.36. The molecule has 6 nitrogen and oxygen atoms in total. The number of likely N-dealkylation sites (tertiary alicyclic amines) is 1. The fraction of sp³-hybridized carbons (Fsp3) is 0.526. The van der Waals surface area contributed by atoms with Crippen LogP contribution in [0.25, 0.3) is 0 Å². The monoisotopic (exact) mass is 340 g/mol. The Bertz CT molecular complexity index is 739. The van der Waals surface area contributed by atoms with Gasteiger partial charge in [0.2, 0.25) is 11.8 Å². The maximum atomic E-state index is 12.5. The Hall–Kier alpha value is -2.21. The first kappa shape index (κ1) is 16.3. The van der Waals surface area contributed by atoms with Crippen LogP contribution < -0.4 is 5.32 Å². The fourth-order valence-electron chi connectivity index (χ4n) is 3.78. The van der Waals surface area contributed by atoms with Gasteiger partial charge >= 0.3 is 0 Å². The van der Waals surface area contributed by atoms with Gasteiger partial charge in [0.25, 0.3) is 0 Å². The van der Waals surface area contributed by atoms with Gasteiger partial charge in [0.1, 0.15) is 0 Å². The third-order valence-electron chi connectivity index (χ3n) is 5.42. The molecule has 2 fully saturated rings. The Morgan fingerprint density at radius 1 is 1.36 bits per heavy atom. The number of nitrogens with zero attached hydrogens (tertiary/aromatic N) is 3. The number of carbonyl (C=O) groups is 1. The summed E-state index contributed by atoms with van der Waals surface area (Å²) in [5.41, 5.74) is 1.48. The molecular weight excluding hydrogens is 316 g/mol. The van der Waals surface area contributed by atoms with Gasteiger partial charge in [-0.25, -0.2) is 0 Å². The van der Waals surface area contributed by atoms with E-state index in [1.165, 1.54) is 5.56 Å². The van der Waals surface area contributed by atoms with E-state index in [-0.39, 0.29) is 17.4 Å². The number of hydrogen-bond donors (Lipinski definition) is 1. The van der Waals surface area contributed by atoms with Crippen molar-refractivity contribution in [2.24, 2.45) is 0 Å². The van der Waals surface area contributed by atoms with E-state index in [2.05, 4.69) is 44.6 Å². The second-order valence-corrected chi connectivity index (χ2v) is 7.22. The second kappa shape index (κ2) is 6.59. The Balaban J connectivity index is 1.33. The van der Waals surface area contributed by atoms with E-state index in [1.807, 2.05) is 6.07 Å². The highest BCUT2D eigenvalue weighted by molar-refractivity contribution is 5.78. The Morgan fingerprint density at radius 3 is 2.84 bits per heavy atom. The summed E-state index contributed by atoms with van der Waals surface area (Å²) < 4.78 is 5.09. The molecule has 1 aliphatic heterocycles. The number of rotatable bonds is 6. The van der Waals surface area contributed by atoms with E-state index >= 15 is 0 Å². The summed E-state index contributed by atoms with van der Waals surface area (Å²) in [5.74, 6) is 1.35. The molecule has 1 aromatic heterocycles. The van der Waals surface area contributed by atoms with Crippen molar-refractivity contribution in [1.29, 1.82) is 0 Å². The van der Waals surface area contributed by atoms with E-state index in [4.69, 9.17) is 4.52 Å². The molecule has 132 valence electrons. The highest BCUT2D eigenvalue weighted by Crippen LogP contribution is 2.47. The van der Waals surface area contributed by atoms with Crippen LogP contribution in [0.1, 0.15) is 49.0 Å². The number of benzene rings is 1. The molecule has 4 rings (SSSR count). The van der Waals surface area contributed by atoms with Crippen molar-refractivity contribution >= 4 is 5.91 Å². The number of aryl methyl sites for hydroxylation is 1. The van der Waals surface area contributed by atoms with Gasteiger partial charge in [-0.2, -0.15) is 4.98 Å². The van der Waals surface area contributed by atoms with Crippen molar-refractivity contribution < 1.29 is 9.32 Å². The maximum Gasteiger partial charge on any atom is 0.234 e. The summed E-state index contributed by atoms with van der Waals surface area (Å²) in [7, 11) is 0. The summed E-state index contributed by atoms with van der Waals surface area (Å²) >= 11 is 0. The lowest BCUT2D eigenvalue weighted by Crippen LogP contribution is -2.40.